The Balaban J connectivity index is 1.60. The van der Waals surface area contributed by atoms with Crippen LogP contribution in [0, 0.1) is 0 Å². The molecule has 1 atom stereocenters. The van der Waals surface area contributed by atoms with Gasteiger partial charge < -0.3 is 15.7 Å². The highest BCUT2D eigenvalue weighted by Crippen LogP contribution is 2.28. The van der Waals surface area contributed by atoms with Gasteiger partial charge >= 0.3 is 0 Å². The predicted molar refractivity (Wildman–Crippen MR) is 98.7 cm³/mol. The minimum absolute atomic E-state index is 0.290. The predicted octanol–water partition coefficient (Wildman–Crippen LogP) is 1.41. The average molecular weight is 348 g/mol. The van der Waals surface area contributed by atoms with Gasteiger partial charge in [-0.2, -0.15) is 5.10 Å². The third-order valence-corrected chi connectivity index (χ3v) is 5.22. The summed E-state index contributed by atoms with van der Waals surface area (Å²) in [6.45, 7) is 6.26. The van der Waals surface area contributed by atoms with Crippen LogP contribution in [0.15, 0.2) is 4.99 Å². The molecule has 1 aromatic heterocycles. The molecular weight excluding hydrogens is 316 g/mol. The smallest absolute Gasteiger partial charge is 0.191 e. The van der Waals surface area contributed by atoms with Gasteiger partial charge in [0.2, 0.25) is 0 Å². The number of rotatable bonds is 5. The van der Waals surface area contributed by atoms with E-state index in [1.807, 2.05) is 4.68 Å². The van der Waals surface area contributed by atoms with Gasteiger partial charge in [0.15, 0.2) is 11.8 Å². The maximum atomic E-state index is 10.7. The molecule has 0 saturated heterocycles. The SMILES string of the molecule is CCNC(=NCC1(O)CCCCC1)NC1CCc2nc(CC)nn2C1. The maximum Gasteiger partial charge on any atom is 0.191 e. The van der Waals surface area contributed by atoms with Gasteiger partial charge in [0, 0.05) is 25.4 Å². The molecule has 7 nitrogen and oxygen atoms in total. The van der Waals surface area contributed by atoms with Crippen LogP contribution in [-0.4, -0.2) is 50.6 Å². The van der Waals surface area contributed by atoms with Crippen molar-refractivity contribution in [3.05, 3.63) is 11.6 Å². The first-order chi connectivity index (χ1) is 12.1. The topological polar surface area (TPSA) is 87.4 Å². The van der Waals surface area contributed by atoms with Crippen LogP contribution in [0.1, 0.15) is 64.0 Å². The third-order valence-electron chi connectivity index (χ3n) is 5.22. The van der Waals surface area contributed by atoms with Crippen molar-refractivity contribution in [2.45, 2.75) is 83.4 Å². The highest BCUT2D eigenvalue weighted by molar-refractivity contribution is 5.80. The summed E-state index contributed by atoms with van der Waals surface area (Å²) in [7, 11) is 0. The fourth-order valence-electron chi connectivity index (χ4n) is 3.74. The molecule has 2 heterocycles. The van der Waals surface area contributed by atoms with Gasteiger partial charge in [-0.15, -0.1) is 0 Å². The molecule has 1 aliphatic heterocycles. The minimum Gasteiger partial charge on any atom is -0.388 e. The summed E-state index contributed by atoms with van der Waals surface area (Å²) >= 11 is 0. The van der Waals surface area contributed by atoms with Crippen molar-refractivity contribution in [2.24, 2.45) is 4.99 Å². The molecule has 0 radical (unpaired) electrons. The first kappa shape index (κ1) is 18.2. The van der Waals surface area contributed by atoms with E-state index in [1.165, 1.54) is 6.42 Å². The van der Waals surface area contributed by atoms with Crippen LogP contribution in [0.25, 0.3) is 0 Å². The molecule has 3 rings (SSSR count). The Morgan fingerprint density at radius 3 is 2.84 bits per heavy atom. The normalized spacial score (nSPS) is 23.2. The Kier molecular flexibility index (Phi) is 5.93. The van der Waals surface area contributed by atoms with Crippen LogP contribution in [0.3, 0.4) is 0 Å². The van der Waals surface area contributed by atoms with Crippen molar-refractivity contribution in [3.8, 4) is 0 Å². The van der Waals surface area contributed by atoms with E-state index >= 15 is 0 Å². The molecule has 1 unspecified atom stereocenters. The van der Waals surface area contributed by atoms with Gasteiger partial charge in [-0.25, -0.2) is 9.67 Å². The Morgan fingerprint density at radius 2 is 2.12 bits per heavy atom. The number of fused-ring (bicyclic) bond motifs is 1. The summed E-state index contributed by atoms with van der Waals surface area (Å²) in [5.41, 5.74) is -0.623. The summed E-state index contributed by atoms with van der Waals surface area (Å²) in [5, 5.41) is 22.1. The second-order valence-corrected chi connectivity index (χ2v) is 7.34. The molecule has 1 fully saturated rings. The molecule has 3 N–H and O–H groups in total. The zero-order valence-electron chi connectivity index (χ0n) is 15.6. The number of aromatic nitrogens is 3. The van der Waals surface area contributed by atoms with Crippen molar-refractivity contribution in [3.63, 3.8) is 0 Å². The first-order valence-electron chi connectivity index (χ1n) is 9.81. The summed E-state index contributed by atoms with van der Waals surface area (Å²) < 4.78 is 2.03. The lowest BCUT2D eigenvalue weighted by molar-refractivity contribution is 0.0131. The van der Waals surface area contributed by atoms with E-state index in [1.54, 1.807) is 0 Å². The summed E-state index contributed by atoms with van der Waals surface area (Å²) in [6, 6.07) is 0.290. The fourth-order valence-corrected chi connectivity index (χ4v) is 3.74. The maximum absolute atomic E-state index is 10.7. The number of aliphatic imine (C=N–C) groups is 1. The van der Waals surface area contributed by atoms with E-state index in [4.69, 9.17) is 0 Å². The van der Waals surface area contributed by atoms with E-state index < -0.39 is 5.60 Å². The molecule has 0 aromatic carbocycles. The molecule has 2 aliphatic rings. The number of aryl methyl sites for hydroxylation is 2. The van der Waals surface area contributed by atoms with Crippen LogP contribution >= 0.6 is 0 Å². The number of nitrogens with one attached hydrogen (secondary N) is 2. The van der Waals surface area contributed by atoms with E-state index in [0.717, 1.165) is 75.6 Å². The zero-order chi connectivity index (χ0) is 17.7. The van der Waals surface area contributed by atoms with Crippen molar-refractivity contribution in [2.75, 3.05) is 13.1 Å². The summed E-state index contributed by atoms with van der Waals surface area (Å²) in [5.74, 6) is 2.81. The number of aliphatic hydroxyl groups is 1. The highest BCUT2D eigenvalue weighted by atomic mass is 16.3. The fraction of sp³-hybridized carbons (Fsp3) is 0.833. The highest BCUT2D eigenvalue weighted by Gasteiger charge is 2.29. The van der Waals surface area contributed by atoms with E-state index in [0.29, 0.717) is 6.54 Å². The Labute approximate surface area is 150 Å². The molecule has 0 spiro atoms. The first-order valence-corrected chi connectivity index (χ1v) is 9.81. The molecular formula is C18H32N6O. The monoisotopic (exact) mass is 348 g/mol. The van der Waals surface area contributed by atoms with E-state index in [2.05, 4.69) is 39.6 Å². The van der Waals surface area contributed by atoms with Crippen molar-refractivity contribution in [1.82, 2.24) is 25.4 Å². The van der Waals surface area contributed by atoms with Gasteiger partial charge in [0.1, 0.15) is 5.82 Å². The van der Waals surface area contributed by atoms with Crippen molar-refractivity contribution in [1.29, 1.82) is 0 Å². The second kappa shape index (κ2) is 8.17. The van der Waals surface area contributed by atoms with E-state index in [-0.39, 0.29) is 6.04 Å². The van der Waals surface area contributed by atoms with E-state index in [9.17, 15) is 5.11 Å². The van der Waals surface area contributed by atoms with Crippen LogP contribution < -0.4 is 10.6 Å². The third kappa shape index (κ3) is 4.71. The Hall–Kier alpha value is -1.63. The molecule has 1 aliphatic carbocycles. The average Bonchev–Trinajstić information content (AvgIpc) is 3.03. The summed E-state index contributed by atoms with van der Waals surface area (Å²) in [4.78, 5) is 9.25. The van der Waals surface area contributed by atoms with Gasteiger partial charge in [-0.05, 0) is 26.2 Å². The van der Waals surface area contributed by atoms with Crippen LogP contribution in [0.2, 0.25) is 0 Å². The molecule has 25 heavy (non-hydrogen) atoms. The van der Waals surface area contributed by atoms with Crippen molar-refractivity contribution < 1.29 is 5.11 Å². The Bertz CT molecular complexity index is 590. The molecule has 0 amide bonds. The largest absolute Gasteiger partial charge is 0.388 e. The van der Waals surface area contributed by atoms with Gasteiger partial charge in [0.25, 0.3) is 0 Å². The van der Waals surface area contributed by atoms with Crippen LogP contribution in [0.4, 0.5) is 0 Å². The number of nitrogens with zero attached hydrogens (tertiary/aromatic N) is 4. The number of hydrogen-bond donors (Lipinski definition) is 3. The van der Waals surface area contributed by atoms with Gasteiger partial charge in [-0.3, -0.25) is 4.99 Å². The standard InChI is InChI=1S/C18H32N6O/c1-3-15-22-16-9-8-14(12-24(16)23-15)21-17(19-4-2)20-13-18(25)10-6-5-7-11-18/h14,25H,3-13H2,1-2H3,(H2,19,20,21). The van der Waals surface area contributed by atoms with Crippen LogP contribution in [0.5, 0.6) is 0 Å². The van der Waals surface area contributed by atoms with Gasteiger partial charge in [-0.1, -0.05) is 26.2 Å². The quantitative estimate of drug-likeness (QED) is 0.553. The molecule has 140 valence electrons. The Morgan fingerprint density at radius 1 is 1.32 bits per heavy atom. The molecule has 1 aromatic rings. The lowest BCUT2D eigenvalue weighted by Crippen LogP contribution is -2.48. The second-order valence-electron chi connectivity index (χ2n) is 7.34. The number of hydrogen-bond acceptors (Lipinski definition) is 4. The minimum atomic E-state index is -0.623. The van der Waals surface area contributed by atoms with Crippen molar-refractivity contribution >= 4 is 5.96 Å². The summed E-state index contributed by atoms with van der Waals surface area (Å²) in [6.07, 6.45) is 8.00. The van der Waals surface area contributed by atoms with Crippen LogP contribution in [-0.2, 0) is 19.4 Å². The molecule has 1 saturated carbocycles. The lowest BCUT2D eigenvalue weighted by atomic mass is 9.85. The zero-order valence-corrected chi connectivity index (χ0v) is 15.6. The lowest BCUT2D eigenvalue weighted by Gasteiger charge is -2.31. The number of guanidine groups is 1. The molecule has 0 bridgehead atoms. The van der Waals surface area contributed by atoms with Gasteiger partial charge in [0.05, 0.1) is 18.7 Å². The molecule has 7 heteroatoms.